The van der Waals surface area contributed by atoms with Gasteiger partial charge in [-0.15, -0.1) is 0 Å². The maximum Gasteiger partial charge on any atom is 0.307 e. The Morgan fingerprint density at radius 2 is 1.87 bits per heavy atom. The predicted octanol–water partition coefficient (Wildman–Crippen LogP) is 5.83. The zero-order valence-electron chi connectivity index (χ0n) is 26.2. The number of oxazole rings is 1. The number of halogens is 1. The first kappa shape index (κ1) is 30.6. The van der Waals surface area contributed by atoms with Gasteiger partial charge in [0.05, 0.1) is 33.6 Å². The summed E-state index contributed by atoms with van der Waals surface area (Å²) < 4.78 is 8.03. The van der Waals surface area contributed by atoms with Crippen LogP contribution in [0.1, 0.15) is 45.1 Å². The van der Waals surface area contributed by atoms with Crippen molar-refractivity contribution in [3.05, 3.63) is 87.5 Å². The summed E-state index contributed by atoms with van der Waals surface area (Å²) in [6.45, 7) is 5.08. The quantitative estimate of drug-likeness (QED) is 0.223. The molecule has 0 radical (unpaired) electrons. The lowest BCUT2D eigenvalue weighted by Crippen LogP contribution is -2.22. The van der Waals surface area contributed by atoms with Crippen molar-refractivity contribution in [3.63, 3.8) is 0 Å². The predicted molar refractivity (Wildman–Crippen MR) is 177 cm³/mol. The Kier molecular flexibility index (Phi) is 7.80. The van der Waals surface area contributed by atoms with Crippen molar-refractivity contribution < 1.29 is 19.1 Å². The third kappa shape index (κ3) is 5.54. The van der Waals surface area contributed by atoms with Gasteiger partial charge < -0.3 is 19.4 Å². The molecule has 11 nitrogen and oxygen atoms in total. The maximum atomic E-state index is 13.3. The highest BCUT2D eigenvalue weighted by atomic mass is 35.5. The zero-order valence-corrected chi connectivity index (χ0v) is 26.9. The number of carbonyl (C=O) groups excluding carboxylic acids is 1. The van der Waals surface area contributed by atoms with Crippen LogP contribution < -0.4 is 5.32 Å². The molecule has 0 saturated carbocycles. The van der Waals surface area contributed by atoms with E-state index in [1.807, 2.05) is 62.0 Å². The van der Waals surface area contributed by atoms with Gasteiger partial charge in [0.1, 0.15) is 11.6 Å². The fraction of sp³-hybridized carbons (Fsp3) is 0.286. The minimum absolute atomic E-state index is 0.334. The van der Waals surface area contributed by atoms with E-state index in [-0.39, 0.29) is 11.8 Å². The Bertz CT molecular complexity index is 2130. The number of hydrogen-bond acceptors (Lipinski definition) is 8. The molecule has 1 amide bonds. The summed E-state index contributed by atoms with van der Waals surface area (Å²) in [5, 5.41) is 22.6. The molecule has 0 bridgehead atoms. The van der Waals surface area contributed by atoms with Crippen molar-refractivity contribution in [2.24, 2.45) is 13.0 Å². The summed E-state index contributed by atoms with van der Waals surface area (Å²) in [4.78, 5) is 38.3. The average molecular weight is 650 g/mol. The number of benzene rings is 3. The minimum atomic E-state index is -0.780. The normalized spacial score (nSPS) is 16.4. The highest BCUT2D eigenvalue weighted by molar-refractivity contribution is 6.36. The van der Waals surface area contributed by atoms with E-state index in [1.54, 1.807) is 12.1 Å². The molecular weight excluding hydrogens is 618 g/mol. The van der Waals surface area contributed by atoms with Gasteiger partial charge in [-0.1, -0.05) is 35.9 Å². The van der Waals surface area contributed by atoms with Gasteiger partial charge in [-0.2, -0.15) is 5.26 Å². The summed E-state index contributed by atoms with van der Waals surface area (Å²) in [5.41, 5.74) is 7.79. The minimum Gasteiger partial charge on any atom is -0.481 e. The number of aromatic nitrogens is 3. The summed E-state index contributed by atoms with van der Waals surface area (Å²) in [6.07, 6.45) is 0.607. The molecule has 2 aliphatic heterocycles. The van der Waals surface area contributed by atoms with Crippen LogP contribution in [0.2, 0.25) is 5.02 Å². The van der Waals surface area contributed by atoms with E-state index in [0.717, 1.165) is 45.7 Å². The average Bonchev–Trinajstić information content (AvgIpc) is 3.83. The SMILES string of the molecule is Cc1c(-c2nc3cc(CN4CC[C@H](C(=O)O)C4)cc(C#N)c3o2)cccc1-c1cccc(NC(=O)c2nc3c(n2C)CN(C)C3)c1Cl. The van der Waals surface area contributed by atoms with Crippen LogP contribution in [0.4, 0.5) is 5.69 Å². The molecule has 12 heteroatoms. The van der Waals surface area contributed by atoms with Crippen molar-refractivity contribution in [2.75, 3.05) is 25.5 Å². The molecule has 2 aromatic heterocycles. The lowest BCUT2D eigenvalue weighted by atomic mass is 9.96. The highest BCUT2D eigenvalue weighted by Gasteiger charge is 2.29. The molecule has 0 unspecified atom stereocenters. The number of carbonyl (C=O) groups is 2. The molecule has 7 rings (SSSR count). The van der Waals surface area contributed by atoms with Gasteiger partial charge in [-0.25, -0.2) is 9.97 Å². The van der Waals surface area contributed by atoms with E-state index in [9.17, 15) is 20.0 Å². The summed E-state index contributed by atoms with van der Waals surface area (Å²) in [7, 11) is 3.87. The van der Waals surface area contributed by atoms with Gasteiger partial charge in [-0.3, -0.25) is 19.4 Å². The smallest absolute Gasteiger partial charge is 0.307 e. The van der Waals surface area contributed by atoms with Crippen molar-refractivity contribution in [2.45, 2.75) is 33.0 Å². The molecule has 4 heterocycles. The molecule has 0 spiro atoms. The van der Waals surface area contributed by atoms with E-state index in [0.29, 0.717) is 71.7 Å². The van der Waals surface area contributed by atoms with Crippen LogP contribution in [0.15, 0.2) is 52.9 Å². The molecule has 1 atom stereocenters. The lowest BCUT2D eigenvalue weighted by molar-refractivity contribution is -0.141. The highest BCUT2D eigenvalue weighted by Crippen LogP contribution is 2.39. The molecule has 3 aromatic carbocycles. The fourth-order valence-electron chi connectivity index (χ4n) is 6.67. The lowest BCUT2D eigenvalue weighted by Gasteiger charge is -2.15. The number of amides is 1. The summed E-state index contributed by atoms with van der Waals surface area (Å²) in [6, 6.07) is 17.2. The van der Waals surface area contributed by atoms with E-state index in [4.69, 9.17) is 21.0 Å². The van der Waals surface area contributed by atoms with Gasteiger partial charge in [0, 0.05) is 44.4 Å². The summed E-state index contributed by atoms with van der Waals surface area (Å²) in [5.74, 6) is -0.785. The number of fused-ring (bicyclic) bond motifs is 2. The second-order valence-corrected chi connectivity index (χ2v) is 12.7. The molecule has 0 aliphatic carbocycles. The van der Waals surface area contributed by atoms with E-state index < -0.39 is 5.97 Å². The number of anilines is 1. The first-order chi connectivity index (χ1) is 22.6. The Morgan fingerprint density at radius 1 is 1.11 bits per heavy atom. The molecule has 238 valence electrons. The second-order valence-electron chi connectivity index (χ2n) is 12.3. The molecule has 47 heavy (non-hydrogen) atoms. The summed E-state index contributed by atoms with van der Waals surface area (Å²) >= 11 is 6.94. The third-order valence-corrected chi connectivity index (χ3v) is 9.55. The number of imidazole rings is 1. The van der Waals surface area contributed by atoms with Gasteiger partial charge in [0.15, 0.2) is 11.4 Å². The number of nitrogens with zero attached hydrogens (tertiary/aromatic N) is 6. The van der Waals surface area contributed by atoms with Crippen LogP contribution in [0.5, 0.6) is 0 Å². The Hall–Kier alpha value is -5.02. The monoisotopic (exact) mass is 649 g/mol. The molecule has 5 aromatic rings. The molecule has 1 saturated heterocycles. The Morgan fingerprint density at radius 3 is 2.62 bits per heavy atom. The first-order valence-corrected chi connectivity index (χ1v) is 15.7. The van der Waals surface area contributed by atoms with Crippen LogP contribution in [0.25, 0.3) is 33.7 Å². The van der Waals surface area contributed by atoms with Crippen LogP contribution in [-0.2, 0) is 31.5 Å². The van der Waals surface area contributed by atoms with Crippen LogP contribution in [0, 0.1) is 24.2 Å². The second kappa shape index (κ2) is 12.0. The van der Waals surface area contributed by atoms with Gasteiger partial charge >= 0.3 is 5.97 Å². The van der Waals surface area contributed by atoms with Gasteiger partial charge in [-0.05, 0) is 67.9 Å². The van der Waals surface area contributed by atoms with Crippen molar-refractivity contribution in [1.82, 2.24) is 24.3 Å². The van der Waals surface area contributed by atoms with Crippen molar-refractivity contribution >= 4 is 40.3 Å². The number of likely N-dealkylation sites (tertiary alicyclic amines) is 1. The van der Waals surface area contributed by atoms with Gasteiger partial charge in [0.2, 0.25) is 5.89 Å². The van der Waals surface area contributed by atoms with E-state index in [1.165, 1.54) is 0 Å². The van der Waals surface area contributed by atoms with Crippen molar-refractivity contribution in [3.8, 4) is 28.7 Å². The Balaban J connectivity index is 1.17. The zero-order chi connectivity index (χ0) is 33.0. The van der Waals surface area contributed by atoms with Crippen molar-refractivity contribution in [1.29, 1.82) is 5.26 Å². The number of aliphatic carboxylic acids is 1. The van der Waals surface area contributed by atoms with E-state index >= 15 is 0 Å². The molecule has 2 N–H and O–H groups in total. The fourth-order valence-corrected chi connectivity index (χ4v) is 6.95. The van der Waals surface area contributed by atoms with Crippen LogP contribution >= 0.6 is 11.6 Å². The maximum absolute atomic E-state index is 13.3. The van der Waals surface area contributed by atoms with E-state index in [2.05, 4.69) is 26.2 Å². The number of carboxylic acid groups (broad SMARTS) is 1. The number of nitriles is 1. The number of carboxylic acids is 1. The standard InChI is InChI=1S/C35H32ClN7O4/c1-19-23(25-8-5-9-26(30(25)36)39-33(44)32-38-28-17-41(2)18-29(28)42(32)3)6-4-7-24(19)34-40-27-13-20(12-22(14-37)31(27)47-34)15-43-11-10-21(16-43)35(45)46/h4-9,12-13,21H,10-11,15-18H2,1-3H3,(H,39,44)(H,45,46)/t21-/m0/s1. The first-order valence-electron chi connectivity index (χ1n) is 15.3. The third-order valence-electron chi connectivity index (χ3n) is 9.14. The van der Waals surface area contributed by atoms with Crippen LogP contribution in [-0.4, -0.2) is 61.5 Å². The molecule has 2 aliphatic rings. The largest absolute Gasteiger partial charge is 0.481 e. The van der Waals surface area contributed by atoms with Gasteiger partial charge in [0.25, 0.3) is 5.91 Å². The number of nitrogens with one attached hydrogen (secondary N) is 1. The number of hydrogen-bond donors (Lipinski definition) is 2. The molecule has 1 fully saturated rings. The number of rotatable bonds is 7. The van der Waals surface area contributed by atoms with Crippen LogP contribution in [0.3, 0.4) is 0 Å². The Labute approximate surface area is 276 Å². The topological polar surface area (TPSA) is 141 Å². The molecular formula is C35H32ClN7O4.